The van der Waals surface area contributed by atoms with Gasteiger partial charge in [0.2, 0.25) is 0 Å². The summed E-state index contributed by atoms with van der Waals surface area (Å²) in [6, 6.07) is 9.68. The predicted octanol–water partition coefficient (Wildman–Crippen LogP) is 5.95. The van der Waals surface area contributed by atoms with Crippen molar-refractivity contribution in [2.24, 2.45) is 11.3 Å². The monoisotopic (exact) mass is 568 g/mol. The molecule has 0 radical (unpaired) electrons. The van der Waals surface area contributed by atoms with Crippen LogP contribution in [0.25, 0.3) is 11.3 Å². The second-order valence-corrected chi connectivity index (χ2v) is 10.9. The molecule has 0 bridgehead atoms. The molecule has 1 saturated carbocycles. The molecule has 0 aliphatic heterocycles. The van der Waals surface area contributed by atoms with Crippen molar-refractivity contribution in [2.75, 3.05) is 5.32 Å². The lowest BCUT2D eigenvalue weighted by atomic mass is 9.64. The molecule has 1 aliphatic rings. The summed E-state index contributed by atoms with van der Waals surface area (Å²) in [5.74, 6) is -1.11. The number of aryl methyl sites for hydroxylation is 1. The molecule has 41 heavy (non-hydrogen) atoms. The highest BCUT2D eigenvalue weighted by atomic mass is 19.3. The fourth-order valence-electron chi connectivity index (χ4n) is 5.57. The number of alkyl halides is 2. The van der Waals surface area contributed by atoms with Crippen LogP contribution >= 0.6 is 0 Å². The lowest BCUT2D eigenvalue weighted by molar-refractivity contribution is -0.173. The first-order valence-electron chi connectivity index (χ1n) is 13.4. The number of carbonyl (C=O) groups is 2. The third-order valence-electron chi connectivity index (χ3n) is 8.06. The lowest BCUT2D eigenvalue weighted by Crippen LogP contribution is -2.48. The molecule has 2 unspecified atom stereocenters. The molecule has 1 aliphatic carbocycles. The molecule has 0 spiro atoms. The van der Waals surface area contributed by atoms with Crippen molar-refractivity contribution >= 4 is 23.6 Å². The number of carboxylic acids is 1. The second kappa shape index (κ2) is 11.9. The summed E-state index contributed by atoms with van der Waals surface area (Å²) in [6.07, 6.45) is 0.876. The quantitative estimate of drug-likeness (QED) is 0.268. The Hall–Kier alpha value is -3.99. The van der Waals surface area contributed by atoms with E-state index in [9.17, 15) is 28.6 Å². The number of carbonyl (C=O) groups excluding carboxylic acids is 1. The van der Waals surface area contributed by atoms with Crippen molar-refractivity contribution in [1.29, 1.82) is 0 Å². The zero-order valence-corrected chi connectivity index (χ0v) is 23.4. The summed E-state index contributed by atoms with van der Waals surface area (Å²) in [5.41, 5.74) is -0.0513. The number of carboxylic acid groups (broad SMARTS) is 1. The van der Waals surface area contributed by atoms with E-state index in [0.717, 1.165) is 5.56 Å². The number of aromatic nitrogens is 3. The van der Waals surface area contributed by atoms with Crippen molar-refractivity contribution in [3.63, 3.8) is 0 Å². The standard InChI is InChI=1S/C30H34F2N4O5/c1-17-13-23(35-26(14-17)36-25-15-20(27(31)32)9-12-33-25)21-5-6-24(34-16-21)29(4,40)22-7-10-30(11-8-22,28(38)39)18(2)41-19(3)37/h5-6,9,12-16,18,22,27,40H,7-8,10-11H2,1-4H3,(H,38,39)(H,33,35,36). The van der Waals surface area contributed by atoms with Gasteiger partial charge in [0.05, 0.1) is 11.4 Å². The Bertz CT molecular complexity index is 1410. The molecule has 3 aromatic heterocycles. The maximum absolute atomic E-state index is 13.1. The minimum atomic E-state index is -2.61. The van der Waals surface area contributed by atoms with Gasteiger partial charge in [0.1, 0.15) is 28.8 Å². The van der Waals surface area contributed by atoms with Gasteiger partial charge in [-0.2, -0.15) is 0 Å². The van der Waals surface area contributed by atoms with Crippen LogP contribution in [0.5, 0.6) is 0 Å². The van der Waals surface area contributed by atoms with Gasteiger partial charge in [-0.1, -0.05) is 0 Å². The van der Waals surface area contributed by atoms with E-state index in [-0.39, 0.29) is 30.1 Å². The summed E-state index contributed by atoms with van der Waals surface area (Å²) >= 11 is 0. The van der Waals surface area contributed by atoms with E-state index in [1.807, 2.05) is 13.0 Å². The molecule has 0 aromatic carbocycles. The van der Waals surface area contributed by atoms with Crippen molar-refractivity contribution < 1.29 is 33.3 Å². The van der Waals surface area contributed by atoms with E-state index in [0.29, 0.717) is 35.6 Å². The molecular weight excluding hydrogens is 534 g/mol. The van der Waals surface area contributed by atoms with Crippen molar-refractivity contribution in [1.82, 2.24) is 15.0 Å². The zero-order valence-electron chi connectivity index (χ0n) is 23.4. The maximum Gasteiger partial charge on any atom is 0.313 e. The van der Waals surface area contributed by atoms with Gasteiger partial charge in [0.15, 0.2) is 0 Å². The molecule has 218 valence electrons. The number of nitrogens with one attached hydrogen (secondary N) is 1. The predicted molar refractivity (Wildman–Crippen MR) is 148 cm³/mol. The average Bonchev–Trinajstić information content (AvgIpc) is 2.92. The molecule has 3 aromatic rings. The van der Waals surface area contributed by atoms with Crippen LogP contribution in [-0.2, 0) is 19.9 Å². The summed E-state index contributed by atoms with van der Waals surface area (Å²) in [6.45, 7) is 6.42. The van der Waals surface area contributed by atoms with Gasteiger partial charge in [0.25, 0.3) is 6.43 Å². The third kappa shape index (κ3) is 6.51. The number of esters is 1. The Morgan fingerprint density at radius 2 is 1.83 bits per heavy atom. The summed E-state index contributed by atoms with van der Waals surface area (Å²) in [4.78, 5) is 36.9. The number of hydrogen-bond donors (Lipinski definition) is 3. The van der Waals surface area contributed by atoms with Crippen LogP contribution in [0.2, 0.25) is 0 Å². The van der Waals surface area contributed by atoms with Gasteiger partial charge < -0.3 is 20.3 Å². The molecule has 0 saturated heterocycles. The number of aliphatic hydroxyl groups is 1. The van der Waals surface area contributed by atoms with Crippen LogP contribution in [0, 0.1) is 18.3 Å². The van der Waals surface area contributed by atoms with Crippen LogP contribution in [0.3, 0.4) is 0 Å². The molecule has 9 nitrogen and oxygen atoms in total. The Labute approximate surface area is 237 Å². The number of rotatable bonds is 9. The first kappa shape index (κ1) is 30.0. The number of nitrogens with zero attached hydrogens (tertiary/aromatic N) is 3. The topological polar surface area (TPSA) is 135 Å². The smallest absolute Gasteiger partial charge is 0.313 e. The van der Waals surface area contributed by atoms with Crippen LogP contribution in [0.4, 0.5) is 20.4 Å². The fourth-order valence-corrected chi connectivity index (χ4v) is 5.57. The Balaban J connectivity index is 1.50. The zero-order chi connectivity index (χ0) is 29.9. The Morgan fingerprint density at radius 1 is 1.12 bits per heavy atom. The van der Waals surface area contributed by atoms with Gasteiger partial charge >= 0.3 is 11.9 Å². The molecule has 3 heterocycles. The van der Waals surface area contributed by atoms with Gasteiger partial charge in [0, 0.05) is 30.4 Å². The summed E-state index contributed by atoms with van der Waals surface area (Å²) in [7, 11) is 0. The minimum Gasteiger partial charge on any atom is -0.481 e. The van der Waals surface area contributed by atoms with Gasteiger partial charge in [-0.25, -0.2) is 18.7 Å². The number of aliphatic carboxylic acids is 1. The molecular formula is C30H34F2N4O5. The molecule has 4 rings (SSSR count). The van der Waals surface area contributed by atoms with Crippen molar-refractivity contribution in [3.8, 4) is 11.3 Å². The van der Waals surface area contributed by atoms with Crippen LogP contribution in [0.1, 0.15) is 69.7 Å². The number of halogens is 2. The van der Waals surface area contributed by atoms with E-state index >= 15 is 0 Å². The molecule has 3 N–H and O–H groups in total. The van der Waals surface area contributed by atoms with Crippen molar-refractivity contribution in [3.05, 3.63) is 65.6 Å². The highest BCUT2D eigenvalue weighted by molar-refractivity contribution is 5.76. The third-order valence-corrected chi connectivity index (χ3v) is 8.06. The summed E-state index contributed by atoms with van der Waals surface area (Å²) < 4.78 is 31.4. The largest absolute Gasteiger partial charge is 0.481 e. The first-order chi connectivity index (χ1) is 19.3. The van der Waals surface area contributed by atoms with Gasteiger partial charge in [-0.05, 0) is 94.3 Å². The van der Waals surface area contributed by atoms with E-state index in [1.165, 1.54) is 25.3 Å². The van der Waals surface area contributed by atoms with E-state index < -0.39 is 35.5 Å². The minimum absolute atomic E-state index is 0.146. The summed E-state index contributed by atoms with van der Waals surface area (Å²) in [5, 5.41) is 24.4. The lowest BCUT2D eigenvalue weighted by Gasteiger charge is -2.44. The number of ether oxygens (including phenoxy) is 1. The van der Waals surface area contributed by atoms with Gasteiger partial charge in [-0.15, -0.1) is 0 Å². The van der Waals surface area contributed by atoms with Crippen LogP contribution in [-0.4, -0.2) is 43.2 Å². The number of hydrogen-bond acceptors (Lipinski definition) is 8. The number of anilines is 2. The Morgan fingerprint density at radius 3 is 2.41 bits per heavy atom. The fraction of sp³-hybridized carbons (Fsp3) is 0.433. The Kier molecular flexibility index (Phi) is 8.67. The highest BCUT2D eigenvalue weighted by Gasteiger charge is 2.51. The highest BCUT2D eigenvalue weighted by Crippen LogP contribution is 2.48. The van der Waals surface area contributed by atoms with E-state index in [4.69, 9.17) is 4.74 Å². The van der Waals surface area contributed by atoms with Gasteiger partial charge in [-0.3, -0.25) is 14.6 Å². The molecule has 0 amide bonds. The maximum atomic E-state index is 13.1. The number of pyridine rings is 3. The van der Waals surface area contributed by atoms with Crippen molar-refractivity contribution in [2.45, 2.75) is 71.5 Å². The molecule has 1 fully saturated rings. The normalized spacial score (nSPS) is 21.1. The van der Waals surface area contributed by atoms with E-state index in [2.05, 4.69) is 20.3 Å². The SMILES string of the molecule is CC(=O)OC(C)C1(C(=O)O)CCC(C(C)(O)c2ccc(-c3cc(C)cc(Nc4cc(C(F)F)ccn4)n3)cn2)CC1. The average molecular weight is 569 g/mol. The second-order valence-electron chi connectivity index (χ2n) is 10.9. The van der Waals surface area contributed by atoms with Crippen LogP contribution in [0.15, 0.2) is 48.8 Å². The van der Waals surface area contributed by atoms with E-state index in [1.54, 1.807) is 38.2 Å². The molecule has 11 heteroatoms. The molecule has 2 atom stereocenters. The van der Waals surface area contributed by atoms with Crippen LogP contribution < -0.4 is 5.32 Å². The first-order valence-corrected chi connectivity index (χ1v) is 13.4.